The summed E-state index contributed by atoms with van der Waals surface area (Å²) in [4.78, 5) is 110. The van der Waals surface area contributed by atoms with Crippen LogP contribution in [0.5, 0.6) is 0 Å². The largest absolute Gasteiger partial charge is 0.337 e. The van der Waals surface area contributed by atoms with Crippen LogP contribution < -0.4 is 17.1 Å². The van der Waals surface area contributed by atoms with Crippen LogP contribution in [0.15, 0.2) is 34.4 Å². The highest BCUT2D eigenvalue weighted by Crippen LogP contribution is 2.53. The summed E-state index contributed by atoms with van der Waals surface area (Å²) >= 11 is 0. The molecule has 14 nitrogen and oxygen atoms in total. The van der Waals surface area contributed by atoms with Crippen molar-refractivity contribution in [3.05, 3.63) is 31.5 Å². The Bertz CT molecular complexity index is 1720. The monoisotopic (exact) mass is 733 g/mol. The number of aromatic nitrogens is 3. The quantitative estimate of drug-likeness (QED) is 0.231. The van der Waals surface area contributed by atoms with Gasteiger partial charge in [0, 0.05) is 0 Å². The summed E-state index contributed by atoms with van der Waals surface area (Å²) < 4.78 is 2.67. The summed E-state index contributed by atoms with van der Waals surface area (Å²) in [5.74, 6) is -1.07. The van der Waals surface area contributed by atoms with Gasteiger partial charge in [-0.05, 0) is 127 Å². The van der Waals surface area contributed by atoms with Gasteiger partial charge in [-0.2, -0.15) is 0 Å². The molecule has 0 spiro atoms. The van der Waals surface area contributed by atoms with Gasteiger partial charge in [0.1, 0.15) is 0 Å². The van der Waals surface area contributed by atoms with Gasteiger partial charge < -0.3 is 0 Å². The molecule has 288 valence electrons. The summed E-state index contributed by atoms with van der Waals surface area (Å²) in [6, 6.07) is -1.63. The van der Waals surface area contributed by atoms with Crippen LogP contribution in [0, 0.1) is 35.5 Å². The van der Waals surface area contributed by atoms with E-state index < -0.39 is 52.3 Å². The molecular formula is C39H55N7O7. The molecule has 1 aromatic rings. The molecule has 4 fully saturated rings. The zero-order valence-electron chi connectivity index (χ0n) is 31.6. The molecule has 12 unspecified atom stereocenters. The number of hydrogen-bond acceptors (Lipinski definition) is 11. The number of isocyanates is 4. The zero-order chi connectivity index (χ0) is 38.3. The van der Waals surface area contributed by atoms with Crippen molar-refractivity contribution in [1.82, 2.24) is 14.1 Å². The molecule has 0 amide bonds. The molecule has 14 heteroatoms. The summed E-state index contributed by atoms with van der Waals surface area (Å²) in [5, 5.41) is 0. The van der Waals surface area contributed by atoms with Crippen LogP contribution in [0.25, 0.3) is 0 Å². The highest BCUT2D eigenvalue weighted by atomic mass is 16.2. The number of aliphatic imine (C=N–C) groups is 4. The summed E-state index contributed by atoms with van der Waals surface area (Å²) in [6.45, 7) is 7.45. The number of aromatic amines is 1. The van der Waals surface area contributed by atoms with Gasteiger partial charge in [0.2, 0.25) is 24.3 Å². The molecule has 4 aliphatic carbocycles. The van der Waals surface area contributed by atoms with Gasteiger partial charge >= 0.3 is 17.1 Å². The van der Waals surface area contributed by atoms with E-state index in [2.05, 4.69) is 25.0 Å². The number of nitrogens with zero attached hydrogens (tertiary/aromatic N) is 6. The van der Waals surface area contributed by atoms with Crippen LogP contribution in [-0.4, -0.2) is 62.6 Å². The maximum absolute atomic E-state index is 15.7. The fraction of sp³-hybridized carbons (Fsp3) is 0.821. The van der Waals surface area contributed by atoms with Crippen LogP contribution in [0.4, 0.5) is 0 Å². The van der Waals surface area contributed by atoms with Gasteiger partial charge in [-0.15, -0.1) is 0 Å². The maximum Gasteiger partial charge on any atom is 0.337 e. The molecule has 1 heterocycles. The fourth-order valence-corrected chi connectivity index (χ4v) is 11.7. The van der Waals surface area contributed by atoms with Gasteiger partial charge in [-0.25, -0.2) is 62.7 Å². The lowest BCUT2D eigenvalue weighted by Gasteiger charge is -2.54. The predicted molar refractivity (Wildman–Crippen MR) is 197 cm³/mol. The fourth-order valence-electron chi connectivity index (χ4n) is 11.7. The molecule has 5 rings (SSSR count). The molecule has 0 radical (unpaired) electrons. The van der Waals surface area contributed by atoms with E-state index in [0.29, 0.717) is 51.4 Å². The topological polar surface area (TPSA) is 195 Å². The maximum atomic E-state index is 15.7. The summed E-state index contributed by atoms with van der Waals surface area (Å²) in [7, 11) is 0. The Labute approximate surface area is 309 Å². The van der Waals surface area contributed by atoms with E-state index in [4.69, 9.17) is 0 Å². The van der Waals surface area contributed by atoms with Crippen molar-refractivity contribution in [2.45, 2.75) is 166 Å². The van der Waals surface area contributed by atoms with Crippen molar-refractivity contribution in [3.8, 4) is 0 Å². The molecule has 12 atom stereocenters. The first-order valence-electron chi connectivity index (χ1n) is 19.8. The molecule has 0 bridgehead atoms. The Morgan fingerprint density at radius 3 is 1.28 bits per heavy atom. The molecule has 0 aliphatic heterocycles. The van der Waals surface area contributed by atoms with Crippen LogP contribution in [0.1, 0.15) is 130 Å². The Balaban J connectivity index is 1.82. The van der Waals surface area contributed by atoms with Gasteiger partial charge in [-0.1, -0.05) is 38.5 Å². The SMILES string of the molecule is CC(N=C=O)C1CCCC(C2CCCCC2C(C)N=C=O)(n2c(=O)[nH]c(=O)n(C3(C4CCCCC4C(C)N=C=O)CCCC(C(C)N=C=O)C3)c2=O)C1. The molecule has 0 aromatic carbocycles. The number of hydrogen-bond donors (Lipinski definition) is 1. The first-order valence-corrected chi connectivity index (χ1v) is 19.8. The van der Waals surface area contributed by atoms with Crippen molar-refractivity contribution in [2.24, 2.45) is 55.5 Å². The number of carbonyl (C=O) groups excluding carboxylic acids is 4. The average Bonchev–Trinajstić information content (AvgIpc) is 3.15. The van der Waals surface area contributed by atoms with Gasteiger partial charge in [0.05, 0.1) is 35.2 Å². The van der Waals surface area contributed by atoms with Crippen LogP contribution in [0.3, 0.4) is 0 Å². The Morgan fingerprint density at radius 1 is 0.547 bits per heavy atom. The van der Waals surface area contributed by atoms with Crippen molar-refractivity contribution in [3.63, 3.8) is 0 Å². The highest BCUT2D eigenvalue weighted by molar-refractivity contribution is 5.35. The van der Waals surface area contributed by atoms with Crippen molar-refractivity contribution >= 4 is 24.3 Å². The lowest BCUT2D eigenvalue weighted by molar-refractivity contribution is -0.0208. The second-order valence-corrected chi connectivity index (χ2v) is 16.6. The molecule has 4 saturated carbocycles. The molecule has 1 N–H and O–H groups in total. The molecule has 4 aliphatic rings. The highest BCUT2D eigenvalue weighted by Gasteiger charge is 2.55. The first-order chi connectivity index (χ1) is 25.5. The Kier molecular flexibility index (Phi) is 13.2. The predicted octanol–water partition coefficient (Wildman–Crippen LogP) is 4.98. The average molecular weight is 734 g/mol. The third-order valence-electron chi connectivity index (χ3n) is 14.1. The molecule has 1 aromatic heterocycles. The van der Waals surface area contributed by atoms with Gasteiger partial charge in [0.15, 0.2) is 0 Å². The minimum Gasteiger partial charge on any atom is -0.259 e. The Hall–Kier alpha value is -4.07. The second kappa shape index (κ2) is 17.4. The minimum atomic E-state index is -1.07. The van der Waals surface area contributed by atoms with Crippen LogP contribution in [0.2, 0.25) is 0 Å². The zero-order valence-corrected chi connectivity index (χ0v) is 31.6. The van der Waals surface area contributed by atoms with E-state index in [1.54, 1.807) is 24.3 Å². The number of rotatable bonds is 12. The number of H-pyrrole nitrogens is 1. The van der Waals surface area contributed by atoms with E-state index in [-0.39, 0.29) is 35.5 Å². The lowest BCUT2D eigenvalue weighted by atomic mass is 9.58. The molecule has 0 saturated heterocycles. The van der Waals surface area contributed by atoms with Crippen molar-refractivity contribution < 1.29 is 19.2 Å². The third kappa shape index (κ3) is 7.79. The van der Waals surface area contributed by atoms with Crippen molar-refractivity contribution in [2.75, 3.05) is 0 Å². The third-order valence-corrected chi connectivity index (χ3v) is 14.1. The molecular weight excluding hydrogens is 678 g/mol. The van der Waals surface area contributed by atoms with E-state index in [1.165, 1.54) is 9.13 Å². The molecule has 53 heavy (non-hydrogen) atoms. The van der Waals surface area contributed by atoms with E-state index in [1.807, 2.05) is 27.7 Å². The first kappa shape index (κ1) is 40.1. The van der Waals surface area contributed by atoms with Crippen molar-refractivity contribution in [1.29, 1.82) is 0 Å². The van der Waals surface area contributed by atoms with Gasteiger partial charge in [-0.3, -0.25) is 4.98 Å². The van der Waals surface area contributed by atoms with E-state index >= 15 is 4.79 Å². The smallest absolute Gasteiger partial charge is 0.259 e. The minimum absolute atomic E-state index is 0.139. The number of nitrogens with one attached hydrogen (secondary N) is 1. The van der Waals surface area contributed by atoms with E-state index in [9.17, 15) is 28.8 Å². The van der Waals surface area contributed by atoms with Crippen LogP contribution in [-0.2, 0) is 30.3 Å². The Morgan fingerprint density at radius 2 is 0.906 bits per heavy atom. The van der Waals surface area contributed by atoms with Gasteiger partial charge in [0.25, 0.3) is 0 Å². The standard InChI is InChI=1S/C39H55N7O7/c1-25(40-21-47)29-11-9-17-38(19-29,33-15-7-5-13-31(33)27(3)42-23-49)45-35(51)44-36(52)46(37(45)53)39(18-10-12-30(20-39)26(2)41-22-48)34-16-8-6-14-32(34)28(4)43-24-50/h25-34H,5-20H2,1-4H3,(H,44,51,52). The van der Waals surface area contributed by atoms with Crippen LogP contribution >= 0.6 is 0 Å². The second-order valence-electron chi connectivity index (χ2n) is 16.6. The van der Waals surface area contributed by atoms with E-state index in [0.717, 1.165) is 51.4 Å². The lowest BCUT2D eigenvalue weighted by Crippen LogP contribution is -2.67. The normalized spacial score (nSPS) is 34.0. The summed E-state index contributed by atoms with van der Waals surface area (Å²) in [6.07, 6.45) is 17.7. The summed E-state index contributed by atoms with van der Waals surface area (Å²) in [5.41, 5.74) is -4.37.